The first-order valence-electron chi connectivity index (χ1n) is 10.9. The predicted molar refractivity (Wildman–Crippen MR) is 115 cm³/mol. The van der Waals surface area contributed by atoms with Gasteiger partial charge in [0, 0.05) is 31.9 Å². The van der Waals surface area contributed by atoms with Crippen molar-refractivity contribution in [3.05, 3.63) is 23.8 Å². The van der Waals surface area contributed by atoms with Crippen LogP contribution in [-0.4, -0.2) is 50.7 Å². The molecule has 0 bridgehead atoms. The number of carbonyl (C=O) groups excluding carboxylic acids is 2. The summed E-state index contributed by atoms with van der Waals surface area (Å²) >= 11 is 0. The molecular formula is C22H31N3O4S. The van der Waals surface area contributed by atoms with Crippen molar-refractivity contribution in [3.8, 4) is 0 Å². The lowest BCUT2D eigenvalue weighted by Gasteiger charge is -2.32. The van der Waals surface area contributed by atoms with Crippen LogP contribution in [-0.2, 0) is 25.0 Å². The van der Waals surface area contributed by atoms with Crippen molar-refractivity contribution in [1.82, 2.24) is 9.62 Å². The summed E-state index contributed by atoms with van der Waals surface area (Å²) in [4.78, 5) is 27.0. The lowest BCUT2D eigenvalue weighted by molar-refractivity contribution is -0.126. The molecule has 1 aromatic carbocycles. The molecule has 2 aliphatic heterocycles. The molecule has 2 fully saturated rings. The highest BCUT2D eigenvalue weighted by Gasteiger charge is 2.43. The van der Waals surface area contributed by atoms with Crippen molar-refractivity contribution >= 4 is 27.5 Å². The number of likely N-dealkylation sites (N-methyl/N-ethyl adjacent to an activating group) is 1. The number of sulfonamides is 1. The monoisotopic (exact) mass is 433 g/mol. The highest BCUT2D eigenvalue weighted by molar-refractivity contribution is 7.89. The van der Waals surface area contributed by atoms with E-state index in [2.05, 4.69) is 5.32 Å². The maximum Gasteiger partial charge on any atom is 0.243 e. The van der Waals surface area contributed by atoms with Crippen molar-refractivity contribution in [1.29, 1.82) is 0 Å². The van der Waals surface area contributed by atoms with Crippen LogP contribution < -0.4 is 10.2 Å². The highest BCUT2D eigenvalue weighted by atomic mass is 32.2. The van der Waals surface area contributed by atoms with Crippen LogP contribution in [0.5, 0.6) is 0 Å². The number of hydrogen-bond acceptors (Lipinski definition) is 4. The zero-order chi connectivity index (χ0) is 21.7. The summed E-state index contributed by atoms with van der Waals surface area (Å²) in [5.41, 5.74) is 0.710. The van der Waals surface area contributed by atoms with E-state index in [1.165, 1.54) is 4.31 Å². The Bertz CT molecular complexity index is 967. The van der Waals surface area contributed by atoms with Crippen LogP contribution in [0.25, 0.3) is 0 Å². The second-order valence-electron chi connectivity index (χ2n) is 9.36. The molecule has 1 saturated heterocycles. The van der Waals surface area contributed by atoms with Gasteiger partial charge in [-0.1, -0.05) is 12.8 Å². The topological polar surface area (TPSA) is 86.8 Å². The van der Waals surface area contributed by atoms with Crippen LogP contribution in [0.3, 0.4) is 0 Å². The summed E-state index contributed by atoms with van der Waals surface area (Å²) in [7, 11) is -2.03. The number of rotatable bonds is 4. The number of nitrogens with zero attached hydrogens (tertiary/aromatic N) is 2. The second-order valence-corrected chi connectivity index (χ2v) is 11.3. The molecule has 1 aliphatic carbocycles. The number of carbonyl (C=O) groups is 2. The molecule has 7 nitrogen and oxygen atoms in total. The van der Waals surface area contributed by atoms with E-state index in [-0.39, 0.29) is 35.2 Å². The number of benzene rings is 1. The van der Waals surface area contributed by atoms with Crippen LogP contribution in [0.4, 0.5) is 5.69 Å². The molecular weight excluding hydrogens is 402 g/mol. The Labute approximate surface area is 178 Å². The average molecular weight is 434 g/mol. The van der Waals surface area contributed by atoms with Gasteiger partial charge in [0.05, 0.1) is 16.2 Å². The van der Waals surface area contributed by atoms with Crippen LogP contribution in [0, 0.1) is 5.92 Å². The largest absolute Gasteiger partial charge is 0.353 e. The maximum atomic E-state index is 13.4. The summed E-state index contributed by atoms with van der Waals surface area (Å²) in [6.45, 7) is 4.26. The fraction of sp³-hybridized carbons (Fsp3) is 0.636. The summed E-state index contributed by atoms with van der Waals surface area (Å²) in [6.07, 6.45) is 5.68. The number of hydrogen-bond donors (Lipinski definition) is 1. The van der Waals surface area contributed by atoms with E-state index < -0.39 is 15.4 Å². The SMILES string of the molecule is CN1C(=O)C(C)(C)c2cc(S(=O)(=O)N3CCC[C@@H](C(=O)NC4CCCC4)C3)ccc21. The van der Waals surface area contributed by atoms with E-state index in [9.17, 15) is 18.0 Å². The Kier molecular flexibility index (Phi) is 5.43. The van der Waals surface area contributed by atoms with E-state index in [4.69, 9.17) is 0 Å². The third kappa shape index (κ3) is 3.54. The quantitative estimate of drug-likeness (QED) is 0.790. The maximum absolute atomic E-state index is 13.4. The second kappa shape index (κ2) is 7.64. The van der Waals surface area contributed by atoms with Gasteiger partial charge < -0.3 is 10.2 Å². The Hall–Kier alpha value is -1.93. The van der Waals surface area contributed by atoms with E-state index in [1.807, 2.05) is 13.8 Å². The summed E-state index contributed by atoms with van der Waals surface area (Å²) < 4.78 is 28.2. The molecule has 0 radical (unpaired) electrons. The van der Waals surface area contributed by atoms with E-state index in [0.717, 1.165) is 36.9 Å². The summed E-state index contributed by atoms with van der Waals surface area (Å²) in [5.74, 6) is -0.384. The lowest BCUT2D eigenvalue weighted by atomic mass is 9.86. The van der Waals surface area contributed by atoms with Gasteiger partial charge in [0.15, 0.2) is 0 Å². The summed E-state index contributed by atoms with van der Waals surface area (Å²) in [6, 6.07) is 5.15. The smallest absolute Gasteiger partial charge is 0.243 e. The van der Waals surface area contributed by atoms with Crippen molar-refractivity contribution in [2.45, 2.75) is 68.7 Å². The number of nitrogens with one attached hydrogen (secondary N) is 1. The molecule has 1 N–H and O–H groups in total. The Morgan fingerprint density at radius 2 is 1.83 bits per heavy atom. The molecule has 1 aromatic rings. The molecule has 2 amide bonds. The molecule has 1 saturated carbocycles. The minimum atomic E-state index is -3.74. The fourth-order valence-electron chi connectivity index (χ4n) is 5.03. The number of fused-ring (bicyclic) bond motifs is 1. The van der Waals surface area contributed by atoms with Gasteiger partial charge in [-0.25, -0.2) is 8.42 Å². The lowest BCUT2D eigenvalue weighted by Crippen LogP contribution is -2.47. The number of piperidine rings is 1. The fourth-order valence-corrected chi connectivity index (χ4v) is 6.58. The molecule has 30 heavy (non-hydrogen) atoms. The zero-order valence-electron chi connectivity index (χ0n) is 18.0. The molecule has 1 atom stereocenters. The molecule has 4 rings (SSSR count). The Morgan fingerprint density at radius 3 is 2.53 bits per heavy atom. The minimum Gasteiger partial charge on any atom is -0.353 e. The first-order valence-corrected chi connectivity index (χ1v) is 12.3. The van der Waals surface area contributed by atoms with Gasteiger partial charge in [-0.3, -0.25) is 9.59 Å². The average Bonchev–Trinajstić information content (AvgIpc) is 3.30. The van der Waals surface area contributed by atoms with Crippen molar-refractivity contribution in [3.63, 3.8) is 0 Å². The minimum absolute atomic E-state index is 0.0240. The Balaban J connectivity index is 1.54. The molecule has 2 heterocycles. The normalized spacial score (nSPS) is 24.8. The molecule has 8 heteroatoms. The Morgan fingerprint density at radius 1 is 1.13 bits per heavy atom. The van der Waals surface area contributed by atoms with Gasteiger partial charge in [-0.15, -0.1) is 0 Å². The highest BCUT2D eigenvalue weighted by Crippen LogP contribution is 2.42. The third-order valence-electron chi connectivity index (χ3n) is 6.94. The van der Waals surface area contributed by atoms with E-state index in [1.54, 1.807) is 30.1 Å². The molecule has 3 aliphatic rings. The van der Waals surface area contributed by atoms with Crippen LogP contribution in [0.2, 0.25) is 0 Å². The first kappa shape index (κ1) is 21.3. The number of amides is 2. The molecule has 0 aromatic heterocycles. The predicted octanol–water partition coefficient (Wildman–Crippen LogP) is 2.40. The standard InChI is InChI=1S/C22H31N3O4S/c1-22(2)18-13-17(10-11-19(18)24(3)21(22)27)30(28,29)25-12-6-7-15(14-25)20(26)23-16-8-4-5-9-16/h10-11,13,15-16H,4-9,12,14H2,1-3H3,(H,23,26)/t15-/m1/s1. The van der Waals surface area contributed by atoms with Crippen LogP contribution in [0.15, 0.2) is 23.1 Å². The van der Waals surface area contributed by atoms with Gasteiger partial charge in [-0.05, 0) is 63.3 Å². The van der Waals surface area contributed by atoms with Gasteiger partial charge in [0.1, 0.15) is 0 Å². The van der Waals surface area contributed by atoms with Gasteiger partial charge in [0.2, 0.25) is 21.8 Å². The van der Waals surface area contributed by atoms with E-state index >= 15 is 0 Å². The first-order chi connectivity index (χ1) is 14.1. The van der Waals surface area contributed by atoms with Gasteiger partial charge in [-0.2, -0.15) is 4.31 Å². The van der Waals surface area contributed by atoms with Crippen LogP contribution >= 0.6 is 0 Å². The molecule has 0 unspecified atom stereocenters. The number of anilines is 1. The molecule has 164 valence electrons. The van der Waals surface area contributed by atoms with Crippen molar-refractivity contribution in [2.24, 2.45) is 5.92 Å². The summed E-state index contributed by atoms with van der Waals surface area (Å²) in [5, 5.41) is 3.11. The zero-order valence-corrected chi connectivity index (χ0v) is 18.8. The van der Waals surface area contributed by atoms with Gasteiger partial charge in [0.25, 0.3) is 0 Å². The van der Waals surface area contributed by atoms with Gasteiger partial charge >= 0.3 is 0 Å². The van der Waals surface area contributed by atoms with Crippen molar-refractivity contribution in [2.75, 3.05) is 25.0 Å². The third-order valence-corrected chi connectivity index (χ3v) is 8.80. The van der Waals surface area contributed by atoms with Crippen LogP contribution in [0.1, 0.15) is 57.9 Å². The van der Waals surface area contributed by atoms with Crippen molar-refractivity contribution < 1.29 is 18.0 Å². The van der Waals surface area contributed by atoms with E-state index in [0.29, 0.717) is 19.4 Å². The molecule has 0 spiro atoms.